The summed E-state index contributed by atoms with van der Waals surface area (Å²) in [5, 5.41) is 5.49. The molecule has 2 aromatic rings. The Labute approximate surface area is 188 Å². The van der Waals surface area contributed by atoms with Crippen molar-refractivity contribution in [3.8, 4) is 5.75 Å². The molecule has 1 saturated carbocycles. The Morgan fingerprint density at radius 3 is 2.31 bits per heavy atom. The zero-order chi connectivity index (χ0) is 23.0. The van der Waals surface area contributed by atoms with Gasteiger partial charge in [-0.25, -0.2) is 17.9 Å². The van der Waals surface area contributed by atoms with E-state index in [4.69, 9.17) is 4.74 Å². The number of sulfonamides is 1. The first-order valence-electron chi connectivity index (χ1n) is 10.8. The average Bonchev–Trinajstić information content (AvgIpc) is 2.78. The van der Waals surface area contributed by atoms with Crippen LogP contribution in [0.5, 0.6) is 5.75 Å². The Hall–Kier alpha value is -3.07. The van der Waals surface area contributed by atoms with Crippen LogP contribution in [0.25, 0.3) is 0 Å². The van der Waals surface area contributed by atoms with E-state index in [1.165, 1.54) is 12.1 Å². The smallest absolute Gasteiger partial charge is 0.328 e. The summed E-state index contributed by atoms with van der Waals surface area (Å²) in [5.41, 5.74) is 0.718. The first kappa shape index (κ1) is 23.6. The van der Waals surface area contributed by atoms with Gasteiger partial charge in [0.15, 0.2) is 6.10 Å². The molecule has 3 amide bonds. The summed E-state index contributed by atoms with van der Waals surface area (Å²) in [5.74, 6) is 0.316. The van der Waals surface area contributed by atoms with Crippen molar-refractivity contribution in [1.82, 2.24) is 15.4 Å². The highest BCUT2D eigenvalue weighted by molar-refractivity contribution is 7.90. The van der Waals surface area contributed by atoms with E-state index < -0.39 is 22.2 Å². The second kappa shape index (κ2) is 11.0. The van der Waals surface area contributed by atoms with Gasteiger partial charge in [0.25, 0.3) is 15.9 Å². The minimum Gasteiger partial charge on any atom is -0.481 e. The Morgan fingerprint density at radius 2 is 1.66 bits per heavy atom. The number of urea groups is 1. The van der Waals surface area contributed by atoms with Gasteiger partial charge in [0.1, 0.15) is 5.75 Å². The van der Waals surface area contributed by atoms with Crippen molar-refractivity contribution in [1.29, 1.82) is 0 Å². The molecule has 0 bridgehead atoms. The summed E-state index contributed by atoms with van der Waals surface area (Å²) < 4.78 is 32.6. The molecule has 32 heavy (non-hydrogen) atoms. The lowest BCUT2D eigenvalue weighted by Crippen LogP contribution is -2.45. The normalized spacial score (nSPS) is 15.4. The predicted octanol–water partition coefficient (Wildman–Crippen LogP) is 3.09. The fourth-order valence-electron chi connectivity index (χ4n) is 3.52. The molecule has 3 rings (SSSR count). The summed E-state index contributed by atoms with van der Waals surface area (Å²) in [6, 6.07) is 14.3. The van der Waals surface area contributed by atoms with Crippen molar-refractivity contribution >= 4 is 22.0 Å². The number of nitrogens with one attached hydrogen (secondary N) is 3. The zero-order valence-electron chi connectivity index (χ0n) is 18.0. The van der Waals surface area contributed by atoms with Crippen LogP contribution in [0.2, 0.25) is 0 Å². The summed E-state index contributed by atoms with van der Waals surface area (Å²) in [6.45, 7) is 1.87. The van der Waals surface area contributed by atoms with Gasteiger partial charge in [-0.2, -0.15) is 0 Å². The van der Waals surface area contributed by atoms with Crippen LogP contribution in [0.4, 0.5) is 4.79 Å². The number of carbonyl (C=O) groups excluding carboxylic acids is 2. The molecule has 1 unspecified atom stereocenters. The molecule has 2 aromatic carbocycles. The van der Waals surface area contributed by atoms with Crippen LogP contribution in [0, 0.1) is 0 Å². The number of para-hydroxylation sites is 1. The Bertz CT molecular complexity index is 1000. The van der Waals surface area contributed by atoms with Crippen LogP contribution in [0.3, 0.4) is 0 Å². The second-order valence-electron chi connectivity index (χ2n) is 7.85. The van der Waals surface area contributed by atoms with Crippen molar-refractivity contribution in [2.24, 2.45) is 0 Å². The Kier molecular flexibility index (Phi) is 8.10. The highest BCUT2D eigenvalue weighted by Crippen LogP contribution is 2.17. The van der Waals surface area contributed by atoms with Crippen molar-refractivity contribution in [3.05, 3.63) is 60.2 Å². The molecule has 1 aliphatic rings. The first-order chi connectivity index (χ1) is 15.3. The number of amides is 3. The third kappa shape index (κ3) is 6.98. The van der Waals surface area contributed by atoms with Crippen LogP contribution >= 0.6 is 0 Å². The topological polar surface area (TPSA) is 114 Å². The lowest BCUT2D eigenvalue weighted by molar-refractivity contribution is -0.127. The van der Waals surface area contributed by atoms with Gasteiger partial charge in [0, 0.05) is 12.6 Å². The van der Waals surface area contributed by atoms with Crippen molar-refractivity contribution in [2.75, 3.05) is 0 Å². The van der Waals surface area contributed by atoms with Gasteiger partial charge in [-0.1, -0.05) is 49.6 Å². The molecular weight excluding hydrogens is 430 g/mol. The number of benzene rings is 2. The highest BCUT2D eigenvalue weighted by Gasteiger charge is 2.21. The summed E-state index contributed by atoms with van der Waals surface area (Å²) >= 11 is 0. The van der Waals surface area contributed by atoms with E-state index in [2.05, 4.69) is 15.4 Å². The van der Waals surface area contributed by atoms with E-state index in [1.807, 2.05) is 18.2 Å². The monoisotopic (exact) mass is 459 g/mol. The van der Waals surface area contributed by atoms with Gasteiger partial charge >= 0.3 is 6.03 Å². The molecular formula is C23H29N3O5S. The molecule has 8 nitrogen and oxygen atoms in total. The number of hydrogen-bond donors (Lipinski definition) is 3. The molecule has 9 heteroatoms. The molecule has 0 radical (unpaired) electrons. The molecule has 172 valence electrons. The molecule has 0 saturated heterocycles. The fraction of sp³-hybridized carbons (Fsp3) is 0.391. The number of rotatable bonds is 8. The second-order valence-corrected chi connectivity index (χ2v) is 9.53. The van der Waals surface area contributed by atoms with Gasteiger partial charge in [-0.3, -0.25) is 4.79 Å². The third-order valence-corrected chi connectivity index (χ3v) is 6.64. The first-order valence-corrected chi connectivity index (χ1v) is 12.2. The SMILES string of the molecule is CC(Oc1ccccc1)C(=O)NCc1ccc(S(=O)(=O)NC(=O)NC2CCCCC2)cc1. The molecule has 0 aliphatic heterocycles. The van der Waals surface area contributed by atoms with Crippen LogP contribution in [0.1, 0.15) is 44.6 Å². The number of ether oxygens (including phenoxy) is 1. The van der Waals surface area contributed by atoms with E-state index in [-0.39, 0.29) is 23.4 Å². The van der Waals surface area contributed by atoms with Gasteiger partial charge in [-0.05, 0) is 49.6 Å². The highest BCUT2D eigenvalue weighted by atomic mass is 32.2. The average molecular weight is 460 g/mol. The van der Waals surface area contributed by atoms with Crippen LogP contribution < -0.4 is 20.1 Å². The minimum absolute atomic E-state index is 0.0122. The lowest BCUT2D eigenvalue weighted by Gasteiger charge is -2.22. The number of hydrogen-bond acceptors (Lipinski definition) is 5. The van der Waals surface area contributed by atoms with E-state index in [1.54, 1.807) is 31.2 Å². The number of carbonyl (C=O) groups is 2. The summed E-state index contributed by atoms with van der Waals surface area (Å²) in [7, 11) is -3.98. The minimum atomic E-state index is -3.98. The van der Waals surface area contributed by atoms with Crippen molar-refractivity contribution < 1.29 is 22.7 Å². The zero-order valence-corrected chi connectivity index (χ0v) is 18.9. The van der Waals surface area contributed by atoms with Crippen LogP contribution in [-0.4, -0.2) is 32.5 Å². The molecule has 1 aliphatic carbocycles. The standard InChI is InChI=1S/C23H29N3O5S/c1-17(31-20-10-6-3-7-11-20)22(27)24-16-18-12-14-21(15-13-18)32(29,30)26-23(28)25-19-8-4-2-5-9-19/h3,6-7,10-15,17,19H,2,4-5,8-9,16H2,1H3,(H,24,27)(H2,25,26,28). The Morgan fingerprint density at radius 1 is 1.00 bits per heavy atom. The van der Waals surface area contributed by atoms with Gasteiger partial charge < -0.3 is 15.4 Å². The third-order valence-electron chi connectivity index (χ3n) is 5.29. The lowest BCUT2D eigenvalue weighted by atomic mass is 9.96. The Balaban J connectivity index is 1.49. The molecule has 0 spiro atoms. The molecule has 0 heterocycles. The molecule has 3 N–H and O–H groups in total. The maximum Gasteiger partial charge on any atom is 0.328 e. The molecule has 1 fully saturated rings. The van der Waals surface area contributed by atoms with Crippen LogP contribution in [-0.2, 0) is 21.4 Å². The van der Waals surface area contributed by atoms with E-state index in [0.717, 1.165) is 37.7 Å². The van der Waals surface area contributed by atoms with E-state index in [0.29, 0.717) is 5.75 Å². The van der Waals surface area contributed by atoms with Gasteiger partial charge in [-0.15, -0.1) is 0 Å². The van der Waals surface area contributed by atoms with E-state index >= 15 is 0 Å². The maximum atomic E-state index is 12.5. The molecule has 1 atom stereocenters. The molecule has 0 aromatic heterocycles. The largest absolute Gasteiger partial charge is 0.481 e. The van der Waals surface area contributed by atoms with Crippen molar-refractivity contribution in [3.63, 3.8) is 0 Å². The maximum absolute atomic E-state index is 12.5. The summed E-state index contributed by atoms with van der Waals surface area (Å²) in [6.07, 6.45) is 4.26. The van der Waals surface area contributed by atoms with Gasteiger partial charge in [0.05, 0.1) is 4.90 Å². The summed E-state index contributed by atoms with van der Waals surface area (Å²) in [4.78, 5) is 24.3. The van der Waals surface area contributed by atoms with Gasteiger partial charge in [0.2, 0.25) is 0 Å². The fourth-order valence-corrected chi connectivity index (χ4v) is 4.43. The predicted molar refractivity (Wildman–Crippen MR) is 121 cm³/mol. The van der Waals surface area contributed by atoms with E-state index in [9.17, 15) is 18.0 Å². The van der Waals surface area contributed by atoms with Crippen LogP contribution in [0.15, 0.2) is 59.5 Å². The quantitative estimate of drug-likeness (QED) is 0.561. The van der Waals surface area contributed by atoms with Crippen molar-refractivity contribution in [2.45, 2.75) is 62.6 Å².